The molecular weight excluding hydrogens is 322 g/mol. The molecule has 132 valence electrons. The molecule has 26 heavy (non-hydrogen) atoms. The summed E-state index contributed by atoms with van der Waals surface area (Å²) >= 11 is 0. The SMILES string of the molecule is CC(=NNC(=O)C(C)Nc1ccccc1C)c1ccc2ccccc2c1. The molecule has 0 bridgehead atoms. The number of aryl methyl sites for hydroxylation is 1. The Kier molecular flexibility index (Phi) is 5.32. The van der Waals surface area contributed by atoms with Crippen molar-refractivity contribution in [2.24, 2.45) is 5.10 Å². The summed E-state index contributed by atoms with van der Waals surface area (Å²) in [6.07, 6.45) is 0. The second-order valence-electron chi connectivity index (χ2n) is 6.42. The lowest BCUT2D eigenvalue weighted by Crippen LogP contribution is -2.35. The van der Waals surface area contributed by atoms with Gasteiger partial charge in [-0.2, -0.15) is 5.10 Å². The van der Waals surface area contributed by atoms with Gasteiger partial charge >= 0.3 is 0 Å². The van der Waals surface area contributed by atoms with Crippen LogP contribution in [0.5, 0.6) is 0 Å². The van der Waals surface area contributed by atoms with Crippen LogP contribution in [0.3, 0.4) is 0 Å². The minimum Gasteiger partial charge on any atom is -0.374 e. The number of nitrogens with zero attached hydrogens (tertiary/aromatic N) is 1. The van der Waals surface area contributed by atoms with E-state index in [9.17, 15) is 4.79 Å². The molecule has 0 radical (unpaired) electrons. The Bertz CT molecular complexity index is 962. The summed E-state index contributed by atoms with van der Waals surface area (Å²) in [7, 11) is 0. The molecular formula is C22H23N3O. The number of para-hydroxylation sites is 1. The fraction of sp³-hybridized carbons (Fsp3) is 0.182. The van der Waals surface area contributed by atoms with E-state index in [1.807, 2.05) is 63.2 Å². The third-order valence-electron chi connectivity index (χ3n) is 4.41. The number of carbonyl (C=O) groups excluding carboxylic acids is 1. The predicted molar refractivity (Wildman–Crippen MR) is 109 cm³/mol. The van der Waals surface area contributed by atoms with Crippen molar-refractivity contribution in [3.05, 3.63) is 77.9 Å². The molecule has 0 aromatic heterocycles. The van der Waals surface area contributed by atoms with Gasteiger partial charge in [0.25, 0.3) is 5.91 Å². The average Bonchev–Trinajstić information content (AvgIpc) is 2.67. The maximum atomic E-state index is 12.3. The second-order valence-corrected chi connectivity index (χ2v) is 6.42. The van der Waals surface area contributed by atoms with Gasteiger partial charge in [-0.15, -0.1) is 0 Å². The van der Waals surface area contributed by atoms with Gasteiger partial charge in [0.15, 0.2) is 0 Å². The normalized spacial score (nSPS) is 12.7. The first-order valence-electron chi connectivity index (χ1n) is 8.70. The summed E-state index contributed by atoms with van der Waals surface area (Å²) in [6, 6.07) is 21.8. The van der Waals surface area contributed by atoms with Crippen LogP contribution in [-0.2, 0) is 4.79 Å². The van der Waals surface area contributed by atoms with Crippen LogP contribution < -0.4 is 10.7 Å². The van der Waals surface area contributed by atoms with Crippen molar-refractivity contribution in [3.8, 4) is 0 Å². The molecule has 3 rings (SSSR count). The molecule has 1 atom stereocenters. The third kappa shape index (κ3) is 4.09. The van der Waals surface area contributed by atoms with Gasteiger partial charge in [-0.3, -0.25) is 4.79 Å². The molecule has 4 heteroatoms. The third-order valence-corrected chi connectivity index (χ3v) is 4.41. The molecule has 1 amide bonds. The van der Waals surface area contributed by atoms with E-state index in [-0.39, 0.29) is 11.9 Å². The van der Waals surface area contributed by atoms with Gasteiger partial charge in [-0.1, -0.05) is 54.6 Å². The summed E-state index contributed by atoms with van der Waals surface area (Å²) in [5.74, 6) is -0.173. The van der Waals surface area contributed by atoms with E-state index >= 15 is 0 Å². The number of hydrazone groups is 1. The quantitative estimate of drug-likeness (QED) is 0.529. The number of rotatable bonds is 5. The highest BCUT2D eigenvalue weighted by Gasteiger charge is 2.13. The highest BCUT2D eigenvalue weighted by atomic mass is 16.2. The molecule has 0 aliphatic heterocycles. The number of nitrogens with one attached hydrogen (secondary N) is 2. The smallest absolute Gasteiger partial charge is 0.262 e. The molecule has 0 aliphatic rings. The number of carbonyl (C=O) groups is 1. The summed E-state index contributed by atoms with van der Waals surface area (Å²) in [6.45, 7) is 5.72. The van der Waals surface area contributed by atoms with E-state index in [0.29, 0.717) is 0 Å². The first kappa shape index (κ1) is 17.7. The van der Waals surface area contributed by atoms with E-state index in [1.54, 1.807) is 0 Å². The van der Waals surface area contributed by atoms with E-state index in [2.05, 4.69) is 40.1 Å². The number of anilines is 1. The van der Waals surface area contributed by atoms with Crippen molar-refractivity contribution in [2.45, 2.75) is 26.8 Å². The van der Waals surface area contributed by atoms with E-state index in [1.165, 1.54) is 5.39 Å². The standard InChI is InChI=1S/C22H23N3O/c1-15-8-4-7-11-21(15)23-17(3)22(26)25-24-16(2)19-13-12-18-9-5-6-10-20(18)14-19/h4-14,17,23H,1-3H3,(H,25,26). The summed E-state index contributed by atoms with van der Waals surface area (Å²) in [5, 5.41) is 9.82. The molecule has 0 fully saturated rings. The Morgan fingerprint density at radius 1 is 0.962 bits per heavy atom. The maximum Gasteiger partial charge on any atom is 0.262 e. The minimum atomic E-state index is -0.385. The molecule has 0 heterocycles. The van der Waals surface area contributed by atoms with Gasteiger partial charge in [0, 0.05) is 5.69 Å². The highest BCUT2D eigenvalue weighted by Crippen LogP contribution is 2.16. The van der Waals surface area contributed by atoms with Crippen LogP contribution in [0.1, 0.15) is 25.0 Å². The van der Waals surface area contributed by atoms with Gasteiger partial charge in [0.2, 0.25) is 0 Å². The van der Waals surface area contributed by atoms with Crippen LogP contribution in [0, 0.1) is 6.92 Å². The lowest BCUT2D eigenvalue weighted by Gasteiger charge is -2.15. The molecule has 4 nitrogen and oxygen atoms in total. The maximum absolute atomic E-state index is 12.3. The zero-order valence-corrected chi connectivity index (χ0v) is 15.3. The van der Waals surface area contributed by atoms with Crippen molar-refractivity contribution in [1.82, 2.24) is 5.43 Å². The predicted octanol–water partition coefficient (Wildman–Crippen LogP) is 4.49. The first-order chi connectivity index (χ1) is 12.5. The molecule has 1 unspecified atom stereocenters. The van der Waals surface area contributed by atoms with Crippen molar-refractivity contribution >= 4 is 28.1 Å². The van der Waals surface area contributed by atoms with Crippen LogP contribution in [0.4, 0.5) is 5.69 Å². The highest BCUT2D eigenvalue weighted by molar-refractivity contribution is 6.02. The van der Waals surface area contributed by atoms with Crippen molar-refractivity contribution < 1.29 is 4.79 Å². The number of benzene rings is 3. The Morgan fingerprint density at radius 3 is 2.42 bits per heavy atom. The van der Waals surface area contributed by atoms with E-state index < -0.39 is 0 Å². The van der Waals surface area contributed by atoms with Gasteiger partial charge in [0.05, 0.1) is 5.71 Å². The van der Waals surface area contributed by atoms with Crippen LogP contribution in [-0.4, -0.2) is 17.7 Å². The molecule has 0 spiro atoms. The monoisotopic (exact) mass is 345 g/mol. The number of hydrogen-bond donors (Lipinski definition) is 2. The number of fused-ring (bicyclic) bond motifs is 1. The van der Waals surface area contributed by atoms with Crippen LogP contribution in [0.2, 0.25) is 0 Å². The zero-order valence-electron chi connectivity index (χ0n) is 15.3. The molecule has 3 aromatic rings. The largest absolute Gasteiger partial charge is 0.374 e. The van der Waals surface area contributed by atoms with Gasteiger partial charge in [-0.05, 0) is 54.8 Å². The molecule has 0 saturated carbocycles. The Morgan fingerprint density at radius 2 is 1.65 bits per heavy atom. The number of amides is 1. The fourth-order valence-corrected chi connectivity index (χ4v) is 2.75. The molecule has 0 saturated heterocycles. The number of hydrogen-bond acceptors (Lipinski definition) is 3. The lowest BCUT2D eigenvalue weighted by atomic mass is 10.0. The second kappa shape index (κ2) is 7.83. The Hall–Kier alpha value is -3.14. The minimum absolute atomic E-state index is 0.173. The molecule has 0 aliphatic carbocycles. The van der Waals surface area contributed by atoms with Crippen LogP contribution >= 0.6 is 0 Å². The lowest BCUT2D eigenvalue weighted by molar-refractivity contribution is -0.121. The van der Waals surface area contributed by atoms with Crippen molar-refractivity contribution in [3.63, 3.8) is 0 Å². The first-order valence-corrected chi connectivity index (χ1v) is 8.70. The topological polar surface area (TPSA) is 53.5 Å². The zero-order chi connectivity index (χ0) is 18.5. The van der Waals surface area contributed by atoms with Crippen molar-refractivity contribution in [2.75, 3.05) is 5.32 Å². The summed E-state index contributed by atoms with van der Waals surface area (Å²) in [5.41, 5.74) is 6.46. The summed E-state index contributed by atoms with van der Waals surface area (Å²) in [4.78, 5) is 12.3. The van der Waals surface area contributed by atoms with Gasteiger partial charge < -0.3 is 5.32 Å². The molecule has 2 N–H and O–H groups in total. The van der Waals surface area contributed by atoms with Crippen LogP contribution in [0.25, 0.3) is 10.8 Å². The summed E-state index contributed by atoms with van der Waals surface area (Å²) < 4.78 is 0. The van der Waals surface area contributed by atoms with E-state index in [4.69, 9.17) is 0 Å². The Balaban J connectivity index is 1.67. The average molecular weight is 345 g/mol. The van der Waals surface area contributed by atoms with Gasteiger partial charge in [-0.25, -0.2) is 5.43 Å². The fourth-order valence-electron chi connectivity index (χ4n) is 2.75. The molecule has 3 aromatic carbocycles. The van der Waals surface area contributed by atoms with Crippen LogP contribution in [0.15, 0.2) is 71.8 Å². The van der Waals surface area contributed by atoms with Crippen molar-refractivity contribution in [1.29, 1.82) is 0 Å². The van der Waals surface area contributed by atoms with Gasteiger partial charge in [0.1, 0.15) is 6.04 Å². The van der Waals surface area contributed by atoms with E-state index in [0.717, 1.165) is 27.9 Å². The Labute approximate surface area is 153 Å².